The zero-order valence-corrected chi connectivity index (χ0v) is 43.0. The SMILES string of the molecule is CC[C@H]1OC(=O)[C@H](C)[C@H](O[C@H]2C[C@@](C)(OC)[C@@H](OC(=O)NCCO[C@@H]3OC[C@@H](O)[C@H](O)[C@H]3O)[C@H](C)O2)[C@@H](C)[C@@H](O[C@@H]2O[C@H](C)C[C@H](N(C)C)[C@H]2O)[C@](C)(O)C[C@@H](C)CN(C)[C@H](C)[C@H]2OC(=O)O[C@@]21C. The molecule has 0 aromatic rings. The molecule has 22 atom stereocenters. The number of carbonyl (C=O) groups is 3. The van der Waals surface area contributed by atoms with Crippen molar-refractivity contribution < 1.29 is 92.0 Å². The first-order chi connectivity index (χ1) is 32.2. The number of carbonyl (C=O) groups excluding carboxylic acids is 3. The number of nitrogens with one attached hydrogen (secondary N) is 1. The summed E-state index contributed by atoms with van der Waals surface area (Å²) in [6.07, 6.45) is -15.7. The van der Waals surface area contributed by atoms with E-state index in [0.717, 1.165) is 0 Å². The summed E-state index contributed by atoms with van der Waals surface area (Å²) in [6.45, 7) is 17.8. The van der Waals surface area contributed by atoms with Crippen LogP contribution >= 0.6 is 0 Å². The van der Waals surface area contributed by atoms with E-state index in [2.05, 4.69) is 5.32 Å². The van der Waals surface area contributed by atoms with E-state index in [1.54, 1.807) is 41.5 Å². The fourth-order valence-corrected chi connectivity index (χ4v) is 11.0. The lowest BCUT2D eigenvalue weighted by Gasteiger charge is -2.49. The van der Waals surface area contributed by atoms with Gasteiger partial charge in [-0.25, -0.2) is 9.59 Å². The van der Waals surface area contributed by atoms with Gasteiger partial charge in [-0.1, -0.05) is 20.8 Å². The highest BCUT2D eigenvalue weighted by Gasteiger charge is 2.58. The highest BCUT2D eigenvalue weighted by atomic mass is 16.8. The maximum Gasteiger partial charge on any atom is 0.509 e. The highest BCUT2D eigenvalue weighted by Crippen LogP contribution is 2.42. The van der Waals surface area contributed by atoms with Crippen molar-refractivity contribution in [2.24, 2.45) is 17.8 Å². The third-order valence-corrected chi connectivity index (χ3v) is 15.0. The molecule has 0 radical (unpaired) electrons. The number of amides is 1. The van der Waals surface area contributed by atoms with Crippen molar-refractivity contribution in [3.63, 3.8) is 0 Å². The molecular weight excluding hydrogens is 911 g/mol. The van der Waals surface area contributed by atoms with E-state index in [9.17, 15) is 39.9 Å². The van der Waals surface area contributed by atoms with Crippen LogP contribution in [-0.2, 0) is 56.9 Å². The minimum Gasteiger partial charge on any atom is -0.458 e. The van der Waals surface area contributed by atoms with Crippen molar-refractivity contribution in [1.82, 2.24) is 15.1 Å². The van der Waals surface area contributed by atoms with Gasteiger partial charge in [-0.15, -0.1) is 0 Å². The largest absolute Gasteiger partial charge is 0.509 e. The fraction of sp³-hybridized carbons (Fsp3) is 0.936. The maximum atomic E-state index is 14.7. The smallest absolute Gasteiger partial charge is 0.458 e. The van der Waals surface area contributed by atoms with Crippen molar-refractivity contribution >= 4 is 18.2 Å². The molecule has 22 heteroatoms. The van der Waals surface area contributed by atoms with Crippen LogP contribution < -0.4 is 5.32 Å². The molecule has 5 rings (SSSR count). The average molecular weight is 994 g/mol. The molecule has 1 amide bonds. The predicted octanol–water partition coefficient (Wildman–Crippen LogP) is 1.27. The molecule has 0 aromatic carbocycles. The van der Waals surface area contributed by atoms with Crippen LogP contribution in [0, 0.1) is 17.8 Å². The summed E-state index contributed by atoms with van der Waals surface area (Å²) in [5.74, 6) is -2.82. The number of likely N-dealkylation sites (N-methyl/N-ethyl adjacent to an activating group) is 2. The van der Waals surface area contributed by atoms with Crippen molar-refractivity contribution in [1.29, 1.82) is 0 Å². The number of cyclic esters (lactones) is 1. The van der Waals surface area contributed by atoms with Gasteiger partial charge < -0.3 is 87.9 Å². The van der Waals surface area contributed by atoms with Gasteiger partial charge in [0, 0.05) is 44.6 Å². The molecule has 0 bridgehead atoms. The lowest BCUT2D eigenvalue weighted by molar-refractivity contribution is -0.317. The number of hydrogen-bond acceptors (Lipinski definition) is 21. The van der Waals surface area contributed by atoms with Gasteiger partial charge in [0.25, 0.3) is 0 Å². The van der Waals surface area contributed by atoms with E-state index in [-0.39, 0.29) is 57.1 Å². The standard InChI is InChI=1S/C47H83N3O19/c1-15-31-47(10)38(68-44(57)69-47)27(6)50(13)21-23(2)19-45(8,58)37(66-42-33(52)29(49(11)12)18-24(3)62-42)25(4)36(26(5)40(55)64-31)65-32-20-46(9,59-14)39(28(7)63-32)67-43(56)48-16-17-60-41-35(54)34(53)30(51)22-61-41/h23-39,41-42,51-54,58H,15-22H2,1-14H3,(H,48,56)/t23-,24-,25-,26-,27-,28+,29+,30-,31-,32+,33-,34+,35-,36-,37-,38-,39+,41-,42+,45-,46-,47-/m1/s1. The van der Waals surface area contributed by atoms with Gasteiger partial charge in [-0.2, -0.15) is 0 Å². The Morgan fingerprint density at radius 2 is 1.59 bits per heavy atom. The second-order valence-electron chi connectivity index (χ2n) is 21.0. The monoisotopic (exact) mass is 994 g/mol. The van der Waals surface area contributed by atoms with Gasteiger partial charge in [0.2, 0.25) is 0 Å². The highest BCUT2D eigenvalue weighted by molar-refractivity contribution is 5.73. The predicted molar refractivity (Wildman–Crippen MR) is 243 cm³/mol. The first-order valence-electron chi connectivity index (χ1n) is 24.4. The second kappa shape index (κ2) is 23.5. The lowest BCUT2D eigenvalue weighted by atomic mass is 9.77. The molecule has 0 unspecified atom stereocenters. The number of rotatable bonds is 12. The van der Waals surface area contributed by atoms with Crippen LogP contribution in [0.1, 0.15) is 94.9 Å². The molecule has 5 fully saturated rings. The number of ether oxygens (including phenoxy) is 11. The molecule has 0 saturated carbocycles. The number of nitrogens with zero attached hydrogens (tertiary/aromatic N) is 2. The Balaban J connectivity index is 1.44. The summed E-state index contributed by atoms with van der Waals surface area (Å²) in [6, 6.07) is -0.733. The van der Waals surface area contributed by atoms with Gasteiger partial charge in [0.1, 0.15) is 36.1 Å². The Kier molecular flexibility index (Phi) is 19.6. The number of fused-ring (bicyclic) bond motifs is 1. The van der Waals surface area contributed by atoms with Gasteiger partial charge >= 0.3 is 18.2 Å². The normalized spacial score (nSPS) is 46.4. The van der Waals surface area contributed by atoms with Gasteiger partial charge in [-0.05, 0) is 94.8 Å². The summed E-state index contributed by atoms with van der Waals surface area (Å²) in [4.78, 5) is 44.7. The van der Waals surface area contributed by atoms with Crippen LogP contribution in [0.25, 0.3) is 0 Å². The van der Waals surface area contributed by atoms with Crippen LogP contribution in [0.2, 0.25) is 0 Å². The first kappa shape index (κ1) is 57.4. The van der Waals surface area contributed by atoms with Crippen LogP contribution in [0.15, 0.2) is 0 Å². The molecule has 0 aliphatic carbocycles. The number of aliphatic hydroxyl groups excluding tert-OH is 4. The number of alkyl carbamates (subject to hydrolysis) is 1. The van der Waals surface area contributed by atoms with Crippen molar-refractivity contribution in [3.8, 4) is 0 Å². The summed E-state index contributed by atoms with van der Waals surface area (Å²) < 4.78 is 67.0. The number of hydrogen-bond donors (Lipinski definition) is 6. The minimum atomic E-state index is -1.64. The molecule has 5 saturated heterocycles. The minimum absolute atomic E-state index is 0.00868. The van der Waals surface area contributed by atoms with Gasteiger partial charge in [0.15, 0.2) is 36.7 Å². The Bertz CT molecular complexity index is 1700. The van der Waals surface area contributed by atoms with Crippen LogP contribution in [-0.4, -0.2) is 223 Å². The molecule has 22 nitrogen and oxygen atoms in total. The molecular formula is C47H83N3O19. The van der Waals surface area contributed by atoms with Crippen molar-refractivity contribution in [3.05, 3.63) is 0 Å². The third-order valence-electron chi connectivity index (χ3n) is 15.0. The molecule has 5 heterocycles. The molecule has 400 valence electrons. The Hall–Kier alpha value is -2.55. The van der Waals surface area contributed by atoms with E-state index < -0.39 is 133 Å². The Labute approximate surface area is 406 Å². The fourth-order valence-electron chi connectivity index (χ4n) is 11.0. The molecule has 0 spiro atoms. The average Bonchev–Trinajstić information content (AvgIpc) is 3.59. The Morgan fingerprint density at radius 1 is 0.913 bits per heavy atom. The number of methoxy groups -OCH3 is 1. The maximum absolute atomic E-state index is 14.7. The van der Waals surface area contributed by atoms with Crippen LogP contribution in [0.3, 0.4) is 0 Å². The van der Waals surface area contributed by atoms with E-state index in [4.69, 9.17) is 52.1 Å². The summed E-state index contributed by atoms with van der Waals surface area (Å²) in [5.41, 5.74) is -4.23. The van der Waals surface area contributed by atoms with E-state index in [0.29, 0.717) is 13.0 Å². The van der Waals surface area contributed by atoms with Gasteiger partial charge in [-0.3, -0.25) is 9.69 Å². The third kappa shape index (κ3) is 13.2. The van der Waals surface area contributed by atoms with Crippen LogP contribution in [0.4, 0.5) is 9.59 Å². The quantitative estimate of drug-likeness (QED) is 0.0913. The van der Waals surface area contributed by atoms with Crippen molar-refractivity contribution in [2.45, 2.75) is 210 Å². The summed E-state index contributed by atoms with van der Waals surface area (Å²) in [7, 11) is 7.08. The van der Waals surface area contributed by atoms with Crippen LogP contribution in [0.5, 0.6) is 0 Å². The van der Waals surface area contributed by atoms with Crippen molar-refractivity contribution in [2.75, 3.05) is 54.6 Å². The molecule has 69 heavy (non-hydrogen) atoms. The van der Waals surface area contributed by atoms with E-state index in [1.807, 2.05) is 58.6 Å². The van der Waals surface area contributed by atoms with E-state index in [1.165, 1.54) is 7.11 Å². The Morgan fingerprint density at radius 3 is 2.23 bits per heavy atom. The first-order valence-corrected chi connectivity index (χ1v) is 24.4. The summed E-state index contributed by atoms with van der Waals surface area (Å²) >= 11 is 0. The second-order valence-corrected chi connectivity index (χ2v) is 21.0. The zero-order valence-electron chi connectivity index (χ0n) is 43.0. The lowest BCUT2D eigenvalue weighted by Crippen LogP contribution is -2.61. The molecule has 6 N–H and O–H groups in total. The topological polar surface area (TPSA) is 272 Å². The van der Waals surface area contributed by atoms with E-state index >= 15 is 0 Å². The van der Waals surface area contributed by atoms with Gasteiger partial charge in [0.05, 0.1) is 49.1 Å². The number of esters is 1. The number of aliphatic hydroxyl groups is 5. The molecule has 5 aliphatic heterocycles. The molecule has 0 aromatic heterocycles. The summed E-state index contributed by atoms with van der Waals surface area (Å²) in [5, 5.41) is 56.9. The molecule has 5 aliphatic rings. The zero-order chi connectivity index (χ0) is 51.5.